The zero-order valence-corrected chi connectivity index (χ0v) is 15.2. The molecule has 1 amide bonds. The normalized spacial score (nSPS) is 11.9. The topological polar surface area (TPSA) is 68.3 Å². The molecule has 0 radical (unpaired) electrons. The van der Waals surface area contributed by atoms with Crippen molar-refractivity contribution in [2.75, 3.05) is 5.32 Å². The molecule has 27 heavy (non-hydrogen) atoms. The molecule has 1 heterocycles. The number of carbonyl (C=O) groups excluding carboxylic acids is 2. The maximum Gasteiger partial charge on any atom is 0.341 e. The quantitative estimate of drug-likeness (QED) is 0.704. The summed E-state index contributed by atoms with van der Waals surface area (Å²) in [6.45, 7) is 4.98. The molecule has 1 N–H and O–H groups in total. The summed E-state index contributed by atoms with van der Waals surface area (Å²) >= 11 is 0. The lowest BCUT2D eigenvalue weighted by molar-refractivity contribution is -0.123. The molecule has 0 aliphatic heterocycles. The molecule has 3 aromatic rings. The number of amides is 1. The fourth-order valence-corrected chi connectivity index (χ4v) is 2.90. The van der Waals surface area contributed by atoms with E-state index in [4.69, 9.17) is 4.74 Å². The first-order valence-electron chi connectivity index (χ1n) is 8.50. The molecule has 0 unspecified atom stereocenters. The molecule has 0 saturated heterocycles. The molecule has 1 aromatic heterocycles. The Labute approximate surface area is 156 Å². The van der Waals surface area contributed by atoms with Gasteiger partial charge in [0.1, 0.15) is 5.82 Å². The number of aromatic nitrogens is 1. The number of aryl methyl sites for hydroxylation is 2. The molecule has 0 aliphatic carbocycles. The Morgan fingerprint density at radius 2 is 1.74 bits per heavy atom. The van der Waals surface area contributed by atoms with Crippen LogP contribution in [0.4, 0.5) is 10.1 Å². The average Bonchev–Trinajstić information content (AvgIpc) is 2.63. The molecule has 0 fully saturated rings. The molecular weight excluding hydrogens is 347 g/mol. The van der Waals surface area contributed by atoms with Crippen molar-refractivity contribution in [3.63, 3.8) is 0 Å². The van der Waals surface area contributed by atoms with E-state index in [2.05, 4.69) is 10.3 Å². The summed E-state index contributed by atoms with van der Waals surface area (Å²) in [7, 11) is 0. The standard InChI is InChI=1S/C21H19FN2O3/c1-12-15-8-4-6-10-17(15)23-13(2)19(12)21(26)27-14(3)20(25)24-18-11-7-5-9-16(18)22/h4-11,14H,1-3H3,(H,24,25)/t14-/m1/s1. The van der Waals surface area contributed by atoms with Crippen molar-refractivity contribution >= 4 is 28.5 Å². The molecule has 1 atom stereocenters. The first-order chi connectivity index (χ1) is 12.9. The number of benzene rings is 2. The Morgan fingerprint density at radius 1 is 1.07 bits per heavy atom. The van der Waals surface area contributed by atoms with Gasteiger partial charge >= 0.3 is 5.97 Å². The second-order valence-electron chi connectivity index (χ2n) is 6.23. The number of hydrogen-bond donors (Lipinski definition) is 1. The van der Waals surface area contributed by atoms with Crippen molar-refractivity contribution in [1.29, 1.82) is 0 Å². The van der Waals surface area contributed by atoms with Crippen molar-refractivity contribution in [3.05, 3.63) is 71.2 Å². The van der Waals surface area contributed by atoms with Crippen LogP contribution < -0.4 is 5.32 Å². The van der Waals surface area contributed by atoms with E-state index in [9.17, 15) is 14.0 Å². The Morgan fingerprint density at radius 3 is 2.48 bits per heavy atom. The molecule has 138 valence electrons. The van der Waals surface area contributed by atoms with Crippen LogP contribution in [0, 0.1) is 19.7 Å². The first kappa shape index (κ1) is 18.5. The molecule has 0 spiro atoms. The molecule has 6 heteroatoms. The van der Waals surface area contributed by atoms with E-state index in [1.54, 1.807) is 13.0 Å². The van der Waals surface area contributed by atoms with Gasteiger partial charge in [0.05, 0.1) is 22.5 Å². The van der Waals surface area contributed by atoms with Crippen molar-refractivity contribution < 1.29 is 18.7 Å². The van der Waals surface area contributed by atoms with Crippen LogP contribution in [-0.4, -0.2) is 23.0 Å². The number of nitrogens with one attached hydrogen (secondary N) is 1. The zero-order chi connectivity index (χ0) is 19.6. The summed E-state index contributed by atoms with van der Waals surface area (Å²) in [4.78, 5) is 29.3. The van der Waals surface area contributed by atoms with Gasteiger partial charge < -0.3 is 10.1 Å². The second-order valence-corrected chi connectivity index (χ2v) is 6.23. The molecule has 0 saturated carbocycles. The van der Waals surface area contributed by atoms with E-state index in [0.717, 1.165) is 16.5 Å². The number of para-hydroxylation sites is 2. The highest BCUT2D eigenvalue weighted by Crippen LogP contribution is 2.23. The first-order valence-corrected chi connectivity index (χ1v) is 8.50. The lowest BCUT2D eigenvalue weighted by atomic mass is 10.0. The van der Waals surface area contributed by atoms with Gasteiger partial charge in [0.25, 0.3) is 5.91 Å². The predicted molar refractivity (Wildman–Crippen MR) is 101 cm³/mol. The molecule has 5 nitrogen and oxygen atoms in total. The third-order valence-electron chi connectivity index (χ3n) is 4.32. The van der Waals surface area contributed by atoms with E-state index >= 15 is 0 Å². The minimum Gasteiger partial charge on any atom is -0.449 e. The molecule has 2 aromatic carbocycles. The molecular formula is C21H19FN2O3. The van der Waals surface area contributed by atoms with Crippen LogP contribution in [0.25, 0.3) is 10.9 Å². The Hall–Kier alpha value is -3.28. The third-order valence-corrected chi connectivity index (χ3v) is 4.32. The van der Waals surface area contributed by atoms with E-state index in [1.807, 2.05) is 31.2 Å². The number of rotatable bonds is 4. The lowest BCUT2D eigenvalue weighted by Crippen LogP contribution is -2.30. The number of ether oxygens (including phenoxy) is 1. The van der Waals surface area contributed by atoms with Gasteiger partial charge in [0.2, 0.25) is 0 Å². The van der Waals surface area contributed by atoms with Gasteiger partial charge in [-0.15, -0.1) is 0 Å². The summed E-state index contributed by atoms with van der Waals surface area (Å²) in [5.74, 6) is -1.81. The van der Waals surface area contributed by atoms with E-state index in [0.29, 0.717) is 11.3 Å². The summed E-state index contributed by atoms with van der Waals surface area (Å²) in [6, 6.07) is 13.3. The summed E-state index contributed by atoms with van der Waals surface area (Å²) in [6.07, 6.45) is -1.10. The molecule has 0 bridgehead atoms. The second kappa shape index (κ2) is 7.53. The van der Waals surface area contributed by atoms with Crippen molar-refractivity contribution in [2.24, 2.45) is 0 Å². The van der Waals surface area contributed by atoms with Crippen LogP contribution in [0.3, 0.4) is 0 Å². The largest absolute Gasteiger partial charge is 0.449 e. The molecule has 3 rings (SSSR count). The predicted octanol–water partition coefficient (Wildman–Crippen LogP) is 4.17. The van der Waals surface area contributed by atoms with Gasteiger partial charge in [-0.1, -0.05) is 30.3 Å². The maximum atomic E-state index is 13.7. The third kappa shape index (κ3) is 3.79. The van der Waals surface area contributed by atoms with E-state index in [1.165, 1.54) is 25.1 Å². The SMILES string of the molecule is Cc1nc2ccccc2c(C)c1C(=O)O[C@H](C)C(=O)Nc1ccccc1F. The van der Waals surface area contributed by atoms with Gasteiger partial charge in [0.15, 0.2) is 6.10 Å². The van der Waals surface area contributed by atoms with Crippen LogP contribution in [0.1, 0.15) is 28.5 Å². The number of halogens is 1. The highest BCUT2D eigenvalue weighted by molar-refractivity contribution is 6.01. The van der Waals surface area contributed by atoms with Gasteiger partial charge in [0, 0.05) is 5.39 Å². The number of hydrogen-bond acceptors (Lipinski definition) is 4. The smallest absolute Gasteiger partial charge is 0.341 e. The lowest BCUT2D eigenvalue weighted by Gasteiger charge is -2.16. The number of nitrogens with zero attached hydrogens (tertiary/aromatic N) is 1. The highest BCUT2D eigenvalue weighted by Gasteiger charge is 2.23. The van der Waals surface area contributed by atoms with Crippen molar-refractivity contribution in [2.45, 2.75) is 26.9 Å². The Kier molecular flexibility index (Phi) is 5.16. The number of esters is 1. The minimum absolute atomic E-state index is 0.0325. The van der Waals surface area contributed by atoms with Gasteiger partial charge in [-0.3, -0.25) is 9.78 Å². The van der Waals surface area contributed by atoms with Crippen LogP contribution >= 0.6 is 0 Å². The number of carbonyl (C=O) groups is 2. The number of fused-ring (bicyclic) bond motifs is 1. The Balaban J connectivity index is 1.80. The summed E-state index contributed by atoms with van der Waals surface area (Å²) in [5.41, 5.74) is 2.42. The summed E-state index contributed by atoms with van der Waals surface area (Å²) < 4.78 is 19.0. The van der Waals surface area contributed by atoms with Crippen LogP contribution in [-0.2, 0) is 9.53 Å². The highest BCUT2D eigenvalue weighted by atomic mass is 19.1. The van der Waals surface area contributed by atoms with Crippen LogP contribution in [0.2, 0.25) is 0 Å². The van der Waals surface area contributed by atoms with E-state index < -0.39 is 23.8 Å². The minimum atomic E-state index is -1.10. The van der Waals surface area contributed by atoms with Crippen molar-refractivity contribution in [3.8, 4) is 0 Å². The number of pyridine rings is 1. The summed E-state index contributed by atoms with van der Waals surface area (Å²) in [5, 5.41) is 3.26. The molecule has 0 aliphatic rings. The number of anilines is 1. The van der Waals surface area contributed by atoms with Crippen LogP contribution in [0.5, 0.6) is 0 Å². The fourth-order valence-electron chi connectivity index (χ4n) is 2.90. The van der Waals surface area contributed by atoms with Gasteiger partial charge in [-0.2, -0.15) is 0 Å². The Bertz CT molecular complexity index is 1030. The van der Waals surface area contributed by atoms with Crippen LogP contribution in [0.15, 0.2) is 48.5 Å². The van der Waals surface area contributed by atoms with Gasteiger partial charge in [-0.05, 0) is 44.5 Å². The van der Waals surface area contributed by atoms with Crippen molar-refractivity contribution in [1.82, 2.24) is 4.98 Å². The zero-order valence-electron chi connectivity index (χ0n) is 15.2. The monoisotopic (exact) mass is 366 g/mol. The van der Waals surface area contributed by atoms with Gasteiger partial charge in [-0.25, -0.2) is 9.18 Å². The van der Waals surface area contributed by atoms with E-state index in [-0.39, 0.29) is 5.69 Å². The maximum absolute atomic E-state index is 13.7. The average molecular weight is 366 g/mol. The fraction of sp³-hybridized carbons (Fsp3) is 0.190.